The van der Waals surface area contributed by atoms with Gasteiger partial charge in [0, 0.05) is 16.5 Å². The van der Waals surface area contributed by atoms with E-state index in [1.54, 1.807) is 24.3 Å². The molecule has 6 heteroatoms. The van der Waals surface area contributed by atoms with E-state index < -0.39 is 10.0 Å². The van der Waals surface area contributed by atoms with E-state index >= 15 is 0 Å². The van der Waals surface area contributed by atoms with Crippen LogP contribution in [0.2, 0.25) is 0 Å². The minimum atomic E-state index is -3.60. The Morgan fingerprint density at radius 1 is 1.30 bits per heavy atom. The Labute approximate surface area is 146 Å². The number of benzene rings is 1. The van der Waals surface area contributed by atoms with E-state index in [1.807, 2.05) is 6.92 Å². The highest BCUT2D eigenvalue weighted by molar-refractivity contribution is 9.09. The Bertz CT molecular complexity index is 744. The first kappa shape index (κ1) is 17.0. The summed E-state index contributed by atoms with van der Waals surface area (Å²) in [5.41, 5.74) is 2.15. The third-order valence-electron chi connectivity index (χ3n) is 6.14. The van der Waals surface area contributed by atoms with Crippen LogP contribution in [0.3, 0.4) is 0 Å². The van der Waals surface area contributed by atoms with Gasteiger partial charge in [0.05, 0.1) is 4.90 Å². The van der Waals surface area contributed by atoms with E-state index in [9.17, 15) is 8.42 Å². The quantitative estimate of drug-likeness (QED) is 0.618. The van der Waals surface area contributed by atoms with Crippen molar-refractivity contribution in [3.05, 3.63) is 29.8 Å². The molecule has 2 saturated carbocycles. The Kier molecular flexibility index (Phi) is 4.12. The highest BCUT2D eigenvalue weighted by Gasteiger charge is 2.62. The van der Waals surface area contributed by atoms with Crippen molar-refractivity contribution in [2.45, 2.75) is 44.9 Å². The van der Waals surface area contributed by atoms with Gasteiger partial charge in [0.15, 0.2) is 0 Å². The minimum absolute atomic E-state index is 0.0308. The zero-order valence-corrected chi connectivity index (χ0v) is 16.2. The van der Waals surface area contributed by atoms with E-state index in [1.165, 1.54) is 6.42 Å². The summed E-state index contributed by atoms with van der Waals surface area (Å²) in [7, 11) is -3.60. The van der Waals surface area contributed by atoms with Crippen LogP contribution in [0.5, 0.6) is 0 Å². The third kappa shape index (κ3) is 2.54. The number of hydrogen-bond donors (Lipinski definition) is 1. The maximum atomic E-state index is 12.4. The van der Waals surface area contributed by atoms with E-state index in [0.717, 1.165) is 29.4 Å². The van der Waals surface area contributed by atoms with Crippen molar-refractivity contribution in [1.29, 1.82) is 0 Å². The van der Waals surface area contributed by atoms with E-state index in [2.05, 4.69) is 39.7 Å². The Balaban J connectivity index is 1.85. The average molecular weight is 399 g/mol. The van der Waals surface area contributed by atoms with Crippen LogP contribution in [0.1, 0.15) is 38.7 Å². The predicted molar refractivity (Wildman–Crippen MR) is 96.3 cm³/mol. The number of aryl methyl sites for hydroxylation is 1. The molecule has 0 aliphatic heterocycles. The molecule has 2 aliphatic rings. The van der Waals surface area contributed by atoms with Crippen LogP contribution < -0.4 is 4.83 Å². The molecule has 3 rings (SSSR count). The fourth-order valence-electron chi connectivity index (χ4n) is 4.09. The number of sulfonamides is 1. The zero-order chi connectivity index (χ0) is 16.9. The molecule has 0 amide bonds. The molecule has 1 aromatic rings. The van der Waals surface area contributed by atoms with Crippen LogP contribution in [0.25, 0.3) is 0 Å². The topological polar surface area (TPSA) is 58.5 Å². The number of fused-ring (bicyclic) bond motifs is 2. The standard InChI is InChI=1S/C17H23BrN2O2S/c1-12-4-6-14(7-5-12)23(21,22)20-19-15-10-13-8-9-16(15,2)17(13,3)11-18/h4-7,13,20H,8-11H2,1-3H3. The van der Waals surface area contributed by atoms with Gasteiger partial charge < -0.3 is 0 Å². The number of hydrogen-bond acceptors (Lipinski definition) is 3. The second kappa shape index (κ2) is 5.59. The molecule has 2 fully saturated rings. The Morgan fingerprint density at radius 2 is 1.96 bits per heavy atom. The van der Waals surface area contributed by atoms with Gasteiger partial charge in [0.1, 0.15) is 0 Å². The molecule has 1 aromatic carbocycles. The van der Waals surface area contributed by atoms with E-state index in [4.69, 9.17) is 0 Å². The van der Waals surface area contributed by atoms with Crippen molar-refractivity contribution in [2.24, 2.45) is 21.8 Å². The van der Waals surface area contributed by atoms with Gasteiger partial charge in [-0.3, -0.25) is 0 Å². The van der Waals surface area contributed by atoms with Gasteiger partial charge in [-0.1, -0.05) is 47.5 Å². The van der Waals surface area contributed by atoms with Crippen molar-refractivity contribution >= 4 is 31.7 Å². The van der Waals surface area contributed by atoms with Crippen molar-refractivity contribution < 1.29 is 8.42 Å². The normalized spacial score (nSPS) is 35.0. The molecular formula is C17H23BrN2O2S. The summed E-state index contributed by atoms with van der Waals surface area (Å²) in [6.45, 7) is 6.44. The lowest BCUT2D eigenvalue weighted by Gasteiger charge is -2.36. The smallest absolute Gasteiger partial charge is 0.200 e. The molecule has 3 atom stereocenters. The first-order chi connectivity index (χ1) is 10.7. The van der Waals surface area contributed by atoms with Gasteiger partial charge in [0.2, 0.25) is 0 Å². The molecule has 4 nitrogen and oxygen atoms in total. The summed E-state index contributed by atoms with van der Waals surface area (Å²) in [5, 5.41) is 5.27. The van der Waals surface area contributed by atoms with Crippen molar-refractivity contribution in [2.75, 3.05) is 5.33 Å². The molecule has 2 aliphatic carbocycles. The SMILES string of the molecule is Cc1ccc(S(=O)(=O)NN=C2CC3CCC2(C)C3(C)CBr)cc1. The van der Waals surface area contributed by atoms with Gasteiger partial charge in [0.25, 0.3) is 10.0 Å². The monoisotopic (exact) mass is 398 g/mol. The maximum Gasteiger partial charge on any atom is 0.276 e. The van der Waals surface area contributed by atoms with Crippen molar-refractivity contribution in [3.8, 4) is 0 Å². The summed E-state index contributed by atoms with van der Waals surface area (Å²) in [4.78, 5) is 2.71. The van der Waals surface area contributed by atoms with Gasteiger partial charge in [-0.2, -0.15) is 13.5 Å². The fourth-order valence-corrected chi connectivity index (χ4v) is 6.00. The van der Waals surface area contributed by atoms with Gasteiger partial charge in [-0.05, 0) is 49.7 Å². The van der Waals surface area contributed by atoms with E-state index in [-0.39, 0.29) is 15.7 Å². The number of hydrazone groups is 1. The highest BCUT2D eigenvalue weighted by Crippen LogP contribution is 2.64. The molecule has 2 bridgehead atoms. The molecule has 0 saturated heterocycles. The molecule has 1 N–H and O–H groups in total. The molecule has 126 valence electrons. The summed E-state index contributed by atoms with van der Waals surface area (Å²) < 4.78 is 24.8. The Hall–Kier alpha value is -0.880. The third-order valence-corrected chi connectivity index (χ3v) is 8.53. The van der Waals surface area contributed by atoms with Crippen molar-refractivity contribution in [3.63, 3.8) is 0 Å². The number of alkyl halides is 1. The number of nitrogens with zero attached hydrogens (tertiary/aromatic N) is 1. The van der Waals surface area contributed by atoms with Gasteiger partial charge >= 0.3 is 0 Å². The lowest BCUT2D eigenvalue weighted by Crippen LogP contribution is -2.37. The summed E-state index contributed by atoms with van der Waals surface area (Å²) in [5.74, 6) is 0.578. The van der Waals surface area contributed by atoms with Gasteiger partial charge in [-0.25, -0.2) is 4.83 Å². The molecule has 23 heavy (non-hydrogen) atoms. The number of rotatable bonds is 4. The maximum absolute atomic E-state index is 12.4. The first-order valence-corrected chi connectivity index (χ1v) is 10.5. The molecule has 0 radical (unpaired) electrons. The van der Waals surface area contributed by atoms with Crippen LogP contribution in [0.15, 0.2) is 34.3 Å². The predicted octanol–water partition coefficient (Wildman–Crippen LogP) is 3.85. The molecule has 0 aromatic heterocycles. The Morgan fingerprint density at radius 3 is 2.52 bits per heavy atom. The second-order valence-corrected chi connectivity index (χ2v) is 9.51. The van der Waals surface area contributed by atoms with Crippen LogP contribution >= 0.6 is 15.9 Å². The van der Waals surface area contributed by atoms with Crippen molar-refractivity contribution in [1.82, 2.24) is 4.83 Å². The first-order valence-electron chi connectivity index (χ1n) is 7.94. The second-order valence-electron chi connectivity index (χ2n) is 7.29. The molecule has 0 spiro atoms. The summed E-state index contributed by atoms with van der Waals surface area (Å²) in [6.07, 6.45) is 3.15. The molecular weight excluding hydrogens is 376 g/mol. The highest BCUT2D eigenvalue weighted by atomic mass is 79.9. The van der Waals surface area contributed by atoms with Crippen LogP contribution in [-0.2, 0) is 10.0 Å². The number of nitrogens with one attached hydrogen (secondary N) is 1. The van der Waals surface area contributed by atoms with E-state index in [0.29, 0.717) is 5.92 Å². The minimum Gasteiger partial charge on any atom is -0.200 e. The van der Waals surface area contributed by atoms with Crippen LogP contribution in [0.4, 0.5) is 0 Å². The lowest BCUT2D eigenvalue weighted by atomic mass is 9.70. The largest absolute Gasteiger partial charge is 0.276 e. The molecule has 0 heterocycles. The van der Waals surface area contributed by atoms with Crippen LogP contribution in [-0.4, -0.2) is 19.5 Å². The summed E-state index contributed by atoms with van der Waals surface area (Å²) in [6, 6.07) is 6.82. The van der Waals surface area contributed by atoms with Crippen LogP contribution in [0, 0.1) is 23.7 Å². The van der Waals surface area contributed by atoms with Gasteiger partial charge in [-0.15, -0.1) is 0 Å². The summed E-state index contributed by atoms with van der Waals surface area (Å²) >= 11 is 3.66. The number of halogens is 1. The molecule has 3 unspecified atom stereocenters. The average Bonchev–Trinajstić information content (AvgIpc) is 2.89. The fraction of sp³-hybridized carbons (Fsp3) is 0.588. The zero-order valence-electron chi connectivity index (χ0n) is 13.8. The lowest BCUT2D eigenvalue weighted by molar-refractivity contribution is 0.203.